The fourth-order valence-electron chi connectivity index (χ4n) is 4.19. The third-order valence-corrected chi connectivity index (χ3v) is 7.26. The van der Waals surface area contributed by atoms with Crippen molar-refractivity contribution in [3.63, 3.8) is 0 Å². The molecule has 0 saturated carbocycles. The van der Waals surface area contributed by atoms with Crippen molar-refractivity contribution in [1.82, 2.24) is 5.32 Å². The highest BCUT2D eigenvalue weighted by Crippen LogP contribution is 2.43. The van der Waals surface area contributed by atoms with Crippen LogP contribution in [0.1, 0.15) is 40.0 Å². The number of carbonyl (C=O) groups excluding carboxylic acids is 2. The van der Waals surface area contributed by atoms with Gasteiger partial charge >= 0.3 is 0 Å². The number of fused-ring (bicyclic) bond motifs is 1. The van der Waals surface area contributed by atoms with Crippen molar-refractivity contribution in [2.45, 2.75) is 24.4 Å². The van der Waals surface area contributed by atoms with Crippen molar-refractivity contribution in [1.29, 1.82) is 0 Å². The summed E-state index contributed by atoms with van der Waals surface area (Å²) in [6.45, 7) is 2.19. The fraction of sp³-hybridized carbons (Fsp3) is 0.0968. The van der Waals surface area contributed by atoms with Crippen molar-refractivity contribution in [2.75, 3.05) is 4.90 Å². The van der Waals surface area contributed by atoms with Gasteiger partial charge < -0.3 is 10.2 Å². The van der Waals surface area contributed by atoms with E-state index in [1.807, 2.05) is 79.7 Å². The van der Waals surface area contributed by atoms with Crippen LogP contribution in [0, 0.1) is 5.82 Å². The van der Waals surface area contributed by atoms with E-state index in [1.54, 1.807) is 29.2 Å². The lowest BCUT2D eigenvalue weighted by Gasteiger charge is -2.31. The van der Waals surface area contributed by atoms with Crippen molar-refractivity contribution in [3.05, 3.63) is 136 Å². The summed E-state index contributed by atoms with van der Waals surface area (Å²) >= 11 is 1.39. The van der Waals surface area contributed by atoms with Crippen LogP contribution in [0.15, 0.2) is 113 Å². The molecule has 0 saturated heterocycles. The Balaban J connectivity index is 1.48. The van der Waals surface area contributed by atoms with Gasteiger partial charge in [-0.2, -0.15) is 0 Å². The number of carbonyl (C=O) groups is 2. The minimum absolute atomic E-state index is 0.166. The number of halogens is 1. The molecule has 0 bridgehead atoms. The van der Waals surface area contributed by atoms with Gasteiger partial charge in [0.25, 0.3) is 11.8 Å². The van der Waals surface area contributed by atoms with Gasteiger partial charge in [0.15, 0.2) is 0 Å². The van der Waals surface area contributed by atoms with E-state index < -0.39 is 0 Å². The zero-order chi connectivity index (χ0) is 25.8. The minimum atomic E-state index is -0.333. The smallest absolute Gasteiger partial charge is 0.265 e. The number of amides is 2. The molecule has 4 aromatic carbocycles. The highest BCUT2D eigenvalue weighted by molar-refractivity contribution is 8.04. The van der Waals surface area contributed by atoms with Crippen LogP contribution >= 0.6 is 11.8 Å². The van der Waals surface area contributed by atoms with Crippen LogP contribution in [-0.4, -0.2) is 11.8 Å². The molecule has 1 N–H and O–H groups in total. The van der Waals surface area contributed by atoms with Crippen LogP contribution < -0.4 is 10.2 Å². The van der Waals surface area contributed by atoms with Crippen molar-refractivity contribution < 1.29 is 14.0 Å². The number of thioether (sulfide) groups is 1. The Morgan fingerprint density at radius 1 is 0.946 bits per heavy atom. The number of hydrogen-bond donors (Lipinski definition) is 1. The molecule has 1 aliphatic heterocycles. The maximum atomic E-state index is 13.7. The summed E-state index contributed by atoms with van der Waals surface area (Å²) in [7, 11) is 0. The topological polar surface area (TPSA) is 49.4 Å². The van der Waals surface area contributed by atoms with Crippen LogP contribution in [0.5, 0.6) is 0 Å². The molecule has 2 amide bonds. The monoisotopic (exact) mass is 508 g/mol. The number of anilines is 1. The Hall–Kier alpha value is -4.16. The average molecular weight is 509 g/mol. The first-order valence-electron chi connectivity index (χ1n) is 12.0. The van der Waals surface area contributed by atoms with Gasteiger partial charge in [-0.25, -0.2) is 4.39 Å². The summed E-state index contributed by atoms with van der Waals surface area (Å²) in [5.74, 6) is -0.717. The predicted octanol–water partition coefficient (Wildman–Crippen LogP) is 7.00. The first-order valence-corrected chi connectivity index (χ1v) is 12.8. The van der Waals surface area contributed by atoms with Gasteiger partial charge in [0.1, 0.15) is 5.82 Å². The molecular formula is C31H25FN2O2S. The zero-order valence-electron chi connectivity index (χ0n) is 20.2. The van der Waals surface area contributed by atoms with Crippen LogP contribution in [0.25, 0.3) is 6.08 Å². The first-order chi connectivity index (χ1) is 18.0. The Kier molecular flexibility index (Phi) is 7.19. The van der Waals surface area contributed by atoms with Crippen LogP contribution in [-0.2, 0) is 11.3 Å². The first kappa shape index (κ1) is 24.5. The summed E-state index contributed by atoms with van der Waals surface area (Å²) in [5, 5.41) is 3.04. The molecule has 0 radical (unpaired) electrons. The van der Waals surface area contributed by atoms with Crippen LogP contribution in [0.4, 0.5) is 10.1 Å². The molecule has 37 heavy (non-hydrogen) atoms. The van der Waals surface area contributed by atoms with Crippen molar-refractivity contribution in [2.24, 2.45) is 0 Å². The Morgan fingerprint density at radius 3 is 2.32 bits per heavy atom. The minimum Gasteiger partial charge on any atom is -0.346 e. The van der Waals surface area contributed by atoms with Crippen LogP contribution in [0.2, 0.25) is 0 Å². The van der Waals surface area contributed by atoms with E-state index in [-0.39, 0.29) is 30.2 Å². The molecule has 0 aliphatic carbocycles. The standard InChI is InChI=1S/C31H25FN2O2S/c1-21(24-10-6-3-7-11-24)33-30(35)25-14-17-28-27(19-25)34(20-23-12-15-26(32)16-13-23)31(36)29(37-28)18-22-8-4-2-5-9-22/h2-19,21H,20H2,1H3,(H,33,35)/b29-18-. The normalized spacial score (nSPS) is 14.8. The van der Waals surface area contributed by atoms with E-state index >= 15 is 0 Å². The number of benzene rings is 4. The Morgan fingerprint density at radius 2 is 1.62 bits per heavy atom. The summed E-state index contributed by atoms with van der Waals surface area (Å²) in [6.07, 6.45) is 1.87. The number of hydrogen-bond acceptors (Lipinski definition) is 3. The molecule has 1 atom stereocenters. The molecule has 5 rings (SSSR count). The molecule has 1 heterocycles. The maximum absolute atomic E-state index is 13.7. The third-order valence-electron chi connectivity index (χ3n) is 6.19. The highest BCUT2D eigenvalue weighted by Gasteiger charge is 2.30. The van der Waals surface area contributed by atoms with Gasteiger partial charge in [0.2, 0.25) is 0 Å². The second-order valence-electron chi connectivity index (χ2n) is 8.83. The fourth-order valence-corrected chi connectivity index (χ4v) is 5.23. The quantitative estimate of drug-likeness (QED) is 0.285. The SMILES string of the molecule is CC(NC(=O)c1ccc2c(c1)N(Cc1ccc(F)cc1)C(=O)/C(=C/c1ccccc1)S2)c1ccccc1. The zero-order valence-corrected chi connectivity index (χ0v) is 21.0. The number of rotatable bonds is 6. The highest BCUT2D eigenvalue weighted by atomic mass is 32.2. The van der Waals surface area contributed by atoms with E-state index in [2.05, 4.69) is 5.32 Å². The molecule has 0 fully saturated rings. The van der Waals surface area contributed by atoms with E-state index in [0.717, 1.165) is 21.6 Å². The lowest BCUT2D eigenvalue weighted by atomic mass is 10.1. The summed E-state index contributed by atoms with van der Waals surface area (Å²) in [5.41, 5.74) is 3.85. The molecule has 0 spiro atoms. The molecule has 1 aliphatic rings. The predicted molar refractivity (Wildman–Crippen MR) is 147 cm³/mol. The summed E-state index contributed by atoms with van der Waals surface area (Å²) < 4.78 is 13.5. The number of nitrogens with one attached hydrogen (secondary N) is 1. The average Bonchev–Trinajstić information content (AvgIpc) is 2.93. The van der Waals surface area contributed by atoms with Crippen molar-refractivity contribution in [3.8, 4) is 0 Å². The van der Waals surface area contributed by atoms with Gasteiger partial charge in [-0.3, -0.25) is 9.59 Å². The molecule has 6 heteroatoms. The Labute approximate surface area is 219 Å². The van der Waals surface area contributed by atoms with E-state index in [4.69, 9.17) is 0 Å². The van der Waals surface area contributed by atoms with Gasteiger partial charge in [-0.1, -0.05) is 84.6 Å². The van der Waals surface area contributed by atoms with E-state index in [9.17, 15) is 14.0 Å². The van der Waals surface area contributed by atoms with Crippen molar-refractivity contribution >= 4 is 35.3 Å². The van der Waals surface area contributed by atoms with Gasteiger partial charge in [0, 0.05) is 10.5 Å². The third kappa shape index (κ3) is 5.65. The molecular weight excluding hydrogens is 483 g/mol. The molecule has 0 aromatic heterocycles. The molecule has 1 unspecified atom stereocenters. The molecule has 4 aromatic rings. The van der Waals surface area contributed by atoms with Gasteiger partial charge in [0.05, 0.1) is 23.2 Å². The molecule has 4 nitrogen and oxygen atoms in total. The Bertz CT molecular complexity index is 1450. The summed E-state index contributed by atoms with van der Waals surface area (Å²) in [4.78, 5) is 29.9. The van der Waals surface area contributed by atoms with E-state index in [1.165, 1.54) is 23.9 Å². The lowest BCUT2D eigenvalue weighted by Crippen LogP contribution is -2.34. The number of nitrogens with zero attached hydrogens (tertiary/aromatic N) is 1. The second-order valence-corrected chi connectivity index (χ2v) is 9.91. The molecule has 184 valence electrons. The largest absolute Gasteiger partial charge is 0.346 e. The summed E-state index contributed by atoms with van der Waals surface area (Å²) in [6, 6.07) is 30.8. The maximum Gasteiger partial charge on any atom is 0.265 e. The van der Waals surface area contributed by atoms with Crippen LogP contribution in [0.3, 0.4) is 0 Å². The van der Waals surface area contributed by atoms with Gasteiger partial charge in [-0.15, -0.1) is 0 Å². The lowest BCUT2D eigenvalue weighted by molar-refractivity contribution is -0.114. The van der Waals surface area contributed by atoms with Gasteiger partial charge in [-0.05, 0) is 60.0 Å². The second kappa shape index (κ2) is 10.8. The van der Waals surface area contributed by atoms with E-state index in [0.29, 0.717) is 16.2 Å².